The van der Waals surface area contributed by atoms with Crippen molar-refractivity contribution in [1.29, 1.82) is 0 Å². The summed E-state index contributed by atoms with van der Waals surface area (Å²) in [5.41, 5.74) is 6.16. The summed E-state index contributed by atoms with van der Waals surface area (Å²) in [7, 11) is 0. The summed E-state index contributed by atoms with van der Waals surface area (Å²) < 4.78 is 0. The molecule has 0 aromatic rings. The van der Waals surface area contributed by atoms with E-state index in [1.807, 2.05) is 6.92 Å². The first-order valence-electron chi connectivity index (χ1n) is 2.11. The predicted molar refractivity (Wildman–Crippen MR) is 32.4 cm³/mol. The number of hydrogen-bond acceptors (Lipinski definition) is 2. The monoisotopic (exact) mass is 98.1 g/mol. The molecule has 0 atom stereocenters. The first kappa shape index (κ1) is 6.21. The minimum Gasteiger partial charge on any atom is -0.405 e. The molecule has 40 valence electrons. The lowest BCUT2D eigenvalue weighted by molar-refractivity contribution is 1.13. The van der Waals surface area contributed by atoms with E-state index in [1.165, 1.54) is 6.20 Å². The average Bonchev–Trinajstić information content (AvgIpc) is 1.68. The summed E-state index contributed by atoms with van der Waals surface area (Å²) in [5, 5.41) is 0. The van der Waals surface area contributed by atoms with Gasteiger partial charge < -0.3 is 5.73 Å². The van der Waals surface area contributed by atoms with Crippen molar-refractivity contribution in [2.75, 3.05) is 6.54 Å². The summed E-state index contributed by atoms with van der Waals surface area (Å²) >= 11 is 0. The number of nitrogens with zero attached hydrogens (tertiary/aromatic N) is 1. The number of aliphatic imine (C=N–C) groups is 1. The molecule has 0 aliphatic rings. The maximum atomic E-state index is 5.11. The van der Waals surface area contributed by atoms with Crippen LogP contribution in [0.1, 0.15) is 6.92 Å². The van der Waals surface area contributed by atoms with E-state index in [2.05, 4.69) is 11.7 Å². The summed E-state index contributed by atoms with van der Waals surface area (Å²) in [6.45, 7) is 5.86. The van der Waals surface area contributed by atoms with E-state index in [0.29, 0.717) is 6.54 Å². The van der Waals surface area contributed by atoms with Crippen molar-refractivity contribution in [2.24, 2.45) is 10.7 Å². The highest BCUT2D eigenvalue weighted by molar-refractivity contribution is 5.24. The van der Waals surface area contributed by atoms with Gasteiger partial charge in [0.2, 0.25) is 0 Å². The van der Waals surface area contributed by atoms with Crippen molar-refractivity contribution in [3.8, 4) is 0 Å². The van der Waals surface area contributed by atoms with Gasteiger partial charge in [-0.05, 0) is 25.4 Å². The lowest BCUT2D eigenvalue weighted by Crippen LogP contribution is -1.86. The Hall–Kier alpha value is -0.790. The lowest BCUT2D eigenvalue weighted by Gasteiger charge is -1.87. The summed E-state index contributed by atoms with van der Waals surface area (Å²) in [6.07, 6.45) is 1.54. The molecule has 7 heavy (non-hydrogen) atoms. The molecular weight excluding hydrogens is 88.1 g/mol. The van der Waals surface area contributed by atoms with Crippen LogP contribution in [0.5, 0.6) is 0 Å². The van der Waals surface area contributed by atoms with Crippen molar-refractivity contribution in [1.82, 2.24) is 0 Å². The molecule has 0 rings (SSSR count). The van der Waals surface area contributed by atoms with Gasteiger partial charge in [-0.1, -0.05) is 0 Å². The van der Waals surface area contributed by atoms with Gasteiger partial charge in [0, 0.05) is 0 Å². The van der Waals surface area contributed by atoms with E-state index in [4.69, 9.17) is 5.73 Å². The van der Waals surface area contributed by atoms with E-state index in [9.17, 15) is 0 Å². The second-order valence-corrected chi connectivity index (χ2v) is 1.39. The van der Waals surface area contributed by atoms with E-state index in [1.54, 1.807) is 0 Å². The van der Waals surface area contributed by atoms with Crippen LogP contribution < -0.4 is 5.73 Å². The van der Waals surface area contributed by atoms with Gasteiger partial charge in [0.25, 0.3) is 0 Å². The van der Waals surface area contributed by atoms with Crippen molar-refractivity contribution >= 4 is 6.72 Å². The highest BCUT2D eigenvalue weighted by atomic mass is 14.7. The minimum atomic E-state index is 0.649. The zero-order valence-electron chi connectivity index (χ0n) is 4.52. The Bertz CT molecular complexity index is 84.1. The first-order valence-corrected chi connectivity index (χ1v) is 2.11. The first-order chi connectivity index (χ1) is 3.31. The van der Waals surface area contributed by atoms with Gasteiger partial charge >= 0.3 is 0 Å². The fourth-order valence-electron chi connectivity index (χ4n) is 0.229. The van der Waals surface area contributed by atoms with Crippen molar-refractivity contribution in [2.45, 2.75) is 6.92 Å². The third-order valence-electron chi connectivity index (χ3n) is 0.646. The zero-order valence-corrected chi connectivity index (χ0v) is 4.52. The smallest absolute Gasteiger partial charge is 0.0606 e. The van der Waals surface area contributed by atoms with Gasteiger partial charge in [-0.2, -0.15) is 0 Å². The SMILES string of the molecule is C=NC/C(C)=C\N. The molecule has 0 saturated carbocycles. The topological polar surface area (TPSA) is 38.4 Å². The number of rotatable bonds is 2. The lowest BCUT2D eigenvalue weighted by atomic mass is 10.3. The van der Waals surface area contributed by atoms with Crippen LogP contribution >= 0.6 is 0 Å². The quantitative estimate of drug-likeness (QED) is 0.503. The van der Waals surface area contributed by atoms with E-state index in [-0.39, 0.29) is 0 Å². The summed E-state index contributed by atoms with van der Waals surface area (Å²) in [5.74, 6) is 0. The molecule has 2 nitrogen and oxygen atoms in total. The molecule has 0 unspecified atom stereocenters. The molecule has 2 N–H and O–H groups in total. The highest BCUT2D eigenvalue weighted by Gasteiger charge is 1.77. The number of nitrogens with two attached hydrogens (primary N) is 1. The molecule has 0 aliphatic heterocycles. The second-order valence-electron chi connectivity index (χ2n) is 1.39. The van der Waals surface area contributed by atoms with Gasteiger partial charge in [0.1, 0.15) is 0 Å². The van der Waals surface area contributed by atoms with Crippen LogP contribution in [-0.2, 0) is 0 Å². The van der Waals surface area contributed by atoms with Gasteiger partial charge in [-0.15, -0.1) is 0 Å². The third-order valence-corrected chi connectivity index (χ3v) is 0.646. The Labute approximate surface area is 43.7 Å². The van der Waals surface area contributed by atoms with E-state index >= 15 is 0 Å². The maximum Gasteiger partial charge on any atom is 0.0606 e. The standard InChI is InChI=1S/C5H10N2/c1-5(3-6)4-7-2/h3H,2,4,6H2,1H3/b5-3-. The molecule has 0 heterocycles. The Morgan fingerprint density at radius 3 is 2.71 bits per heavy atom. The largest absolute Gasteiger partial charge is 0.405 e. The van der Waals surface area contributed by atoms with E-state index in [0.717, 1.165) is 5.57 Å². The third kappa shape index (κ3) is 3.03. The summed E-state index contributed by atoms with van der Waals surface area (Å²) in [4.78, 5) is 3.61. The Morgan fingerprint density at radius 1 is 2.00 bits per heavy atom. The molecular formula is C5H10N2. The van der Waals surface area contributed by atoms with Crippen LogP contribution in [0.15, 0.2) is 16.8 Å². The van der Waals surface area contributed by atoms with Crippen LogP contribution in [0.3, 0.4) is 0 Å². The van der Waals surface area contributed by atoms with Crippen molar-refractivity contribution < 1.29 is 0 Å². The Morgan fingerprint density at radius 2 is 2.57 bits per heavy atom. The molecule has 0 spiro atoms. The minimum absolute atomic E-state index is 0.649. The van der Waals surface area contributed by atoms with Crippen molar-refractivity contribution in [3.63, 3.8) is 0 Å². The predicted octanol–water partition coefficient (Wildman–Crippen LogP) is 0.550. The Balaban J connectivity index is 3.36. The molecule has 0 amide bonds. The zero-order chi connectivity index (χ0) is 5.70. The molecule has 0 saturated heterocycles. The van der Waals surface area contributed by atoms with Crippen molar-refractivity contribution in [3.05, 3.63) is 11.8 Å². The second kappa shape index (κ2) is 3.40. The van der Waals surface area contributed by atoms with Gasteiger partial charge in [-0.3, -0.25) is 4.99 Å². The fraction of sp³-hybridized carbons (Fsp3) is 0.400. The molecule has 0 fully saturated rings. The molecule has 0 aromatic heterocycles. The van der Waals surface area contributed by atoms with E-state index < -0.39 is 0 Å². The maximum absolute atomic E-state index is 5.11. The highest BCUT2D eigenvalue weighted by Crippen LogP contribution is 1.85. The van der Waals surface area contributed by atoms with Gasteiger partial charge in [-0.25, -0.2) is 0 Å². The average molecular weight is 98.1 g/mol. The molecule has 0 aromatic carbocycles. The van der Waals surface area contributed by atoms with Crippen LogP contribution in [0, 0.1) is 0 Å². The summed E-state index contributed by atoms with van der Waals surface area (Å²) in [6, 6.07) is 0. The number of hydrogen-bond donors (Lipinski definition) is 1. The molecule has 0 radical (unpaired) electrons. The van der Waals surface area contributed by atoms with Crippen LogP contribution in [0.2, 0.25) is 0 Å². The Kier molecular flexibility index (Phi) is 3.02. The molecule has 2 heteroatoms. The van der Waals surface area contributed by atoms with Crippen LogP contribution in [0.25, 0.3) is 0 Å². The van der Waals surface area contributed by atoms with Crippen LogP contribution in [0.4, 0.5) is 0 Å². The molecule has 0 bridgehead atoms. The van der Waals surface area contributed by atoms with Gasteiger partial charge in [0.05, 0.1) is 6.54 Å². The fourth-order valence-corrected chi connectivity index (χ4v) is 0.229. The molecule has 0 aliphatic carbocycles. The normalized spacial score (nSPS) is 11.3. The van der Waals surface area contributed by atoms with Crippen LogP contribution in [-0.4, -0.2) is 13.3 Å². The van der Waals surface area contributed by atoms with Gasteiger partial charge in [0.15, 0.2) is 0 Å².